The summed E-state index contributed by atoms with van der Waals surface area (Å²) in [6.07, 6.45) is 3.73. The highest BCUT2D eigenvalue weighted by molar-refractivity contribution is 7.11. The van der Waals surface area contributed by atoms with Crippen molar-refractivity contribution in [2.75, 3.05) is 0 Å². The molecule has 106 valence electrons. The number of benzene rings is 1. The summed E-state index contributed by atoms with van der Waals surface area (Å²) >= 11 is 1.95. The van der Waals surface area contributed by atoms with Crippen LogP contribution in [0.5, 0.6) is 0 Å². The van der Waals surface area contributed by atoms with Gasteiger partial charge in [-0.25, -0.2) is 0 Å². The van der Waals surface area contributed by atoms with E-state index >= 15 is 0 Å². The minimum atomic E-state index is 0.702. The molecule has 1 saturated carbocycles. The quantitative estimate of drug-likeness (QED) is 0.843. The first-order valence-electron chi connectivity index (χ1n) is 7.62. The number of hydrogen-bond acceptors (Lipinski definition) is 2. The maximum Gasteiger partial charge on any atom is 0.0302 e. The second-order valence-corrected chi connectivity index (χ2v) is 7.13. The Kier molecular flexibility index (Phi) is 4.23. The zero-order valence-corrected chi connectivity index (χ0v) is 13.2. The van der Waals surface area contributed by atoms with Crippen LogP contribution in [-0.2, 0) is 13.0 Å². The van der Waals surface area contributed by atoms with Crippen LogP contribution in [0.1, 0.15) is 46.6 Å². The van der Waals surface area contributed by atoms with E-state index in [1.807, 2.05) is 11.3 Å². The van der Waals surface area contributed by atoms with Gasteiger partial charge in [0.25, 0.3) is 0 Å². The Morgan fingerprint density at radius 1 is 1.15 bits per heavy atom. The van der Waals surface area contributed by atoms with Crippen LogP contribution < -0.4 is 5.32 Å². The van der Waals surface area contributed by atoms with Crippen molar-refractivity contribution in [2.24, 2.45) is 0 Å². The normalized spacial score (nSPS) is 21.7. The van der Waals surface area contributed by atoms with Gasteiger partial charge in [-0.15, -0.1) is 11.3 Å². The highest BCUT2D eigenvalue weighted by atomic mass is 32.1. The fraction of sp³-hybridized carbons (Fsp3) is 0.444. The topological polar surface area (TPSA) is 12.0 Å². The molecule has 1 fully saturated rings. The maximum absolute atomic E-state index is 3.70. The molecule has 0 amide bonds. The smallest absolute Gasteiger partial charge is 0.0302 e. The average molecular weight is 285 g/mol. The zero-order chi connectivity index (χ0) is 13.9. The van der Waals surface area contributed by atoms with Gasteiger partial charge in [0.15, 0.2) is 0 Å². The lowest BCUT2D eigenvalue weighted by Gasteiger charge is -2.36. The first kappa shape index (κ1) is 13.8. The molecule has 1 nitrogen and oxygen atoms in total. The van der Waals surface area contributed by atoms with Crippen molar-refractivity contribution in [1.82, 2.24) is 5.32 Å². The molecule has 0 aliphatic heterocycles. The SMILES string of the molecule is CCc1ccc(CNC2CC(c3cccc(C)c3)C2)s1. The molecule has 20 heavy (non-hydrogen) atoms. The van der Waals surface area contributed by atoms with Gasteiger partial charge in [-0.2, -0.15) is 0 Å². The summed E-state index contributed by atoms with van der Waals surface area (Å²) in [6.45, 7) is 5.44. The zero-order valence-electron chi connectivity index (χ0n) is 12.4. The van der Waals surface area contributed by atoms with E-state index in [1.165, 1.54) is 33.7 Å². The lowest BCUT2D eigenvalue weighted by molar-refractivity contribution is 0.290. The van der Waals surface area contributed by atoms with Crippen molar-refractivity contribution < 1.29 is 0 Å². The molecule has 0 atom stereocenters. The van der Waals surface area contributed by atoms with Gasteiger partial charge in [0, 0.05) is 22.3 Å². The Morgan fingerprint density at radius 2 is 1.95 bits per heavy atom. The highest BCUT2D eigenvalue weighted by Gasteiger charge is 2.29. The second kappa shape index (κ2) is 6.11. The van der Waals surface area contributed by atoms with E-state index in [4.69, 9.17) is 0 Å². The van der Waals surface area contributed by atoms with E-state index in [9.17, 15) is 0 Å². The van der Waals surface area contributed by atoms with Gasteiger partial charge in [-0.3, -0.25) is 0 Å². The van der Waals surface area contributed by atoms with Crippen molar-refractivity contribution in [1.29, 1.82) is 0 Å². The molecule has 0 bridgehead atoms. The first-order chi connectivity index (χ1) is 9.74. The standard InChI is InChI=1S/C18H23NS/c1-3-17-7-8-18(20-17)12-19-16-10-15(11-16)14-6-4-5-13(2)9-14/h4-9,15-16,19H,3,10-12H2,1-2H3. The van der Waals surface area contributed by atoms with E-state index in [0.717, 1.165) is 18.9 Å². The van der Waals surface area contributed by atoms with Gasteiger partial charge in [0.05, 0.1) is 0 Å². The Hall–Kier alpha value is -1.12. The van der Waals surface area contributed by atoms with Gasteiger partial charge in [-0.1, -0.05) is 36.8 Å². The van der Waals surface area contributed by atoms with E-state index in [2.05, 4.69) is 55.6 Å². The van der Waals surface area contributed by atoms with Gasteiger partial charge in [0.1, 0.15) is 0 Å². The van der Waals surface area contributed by atoms with Crippen molar-refractivity contribution in [3.63, 3.8) is 0 Å². The van der Waals surface area contributed by atoms with Crippen LogP contribution in [0.2, 0.25) is 0 Å². The van der Waals surface area contributed by atoms with Crippen LogP contribution in [0, 0.1) is 6.92 Å². The van der Waals surface area contributed by atoms with Crippen molar-refractivity contribution in [3.05, 3.63) is 57.3 Å². The molecular formula is C18H23NS. The first-order valence-corrected chi connectivity index (χ1v) is 8.43. The Balaban J connectivity index is 1.46. The Labute approximate surface area is 126 Å². The van der Waals surface area contributed by atoms with Gasteiger partial charge in [-0.05, 0) is 49.8 Å². The predicted molar refractivity (Wildman–Crippen MR) is 87.5 cm³/mol. The summed E-state index contributed by atoms with van der Waals surface area (Å²) in [4.78, 5) is 2.97. The fourth-order valence-corrected chi connectivity index (χ4v) is 3.84. The lowest BCUT2D eigenvalue weighted by atomic mass is 9.75. The van der Waals surface area contributed by atoms with E-state index in [1.54, 1.807) is 0 Å². The molecular weight excluding hydrogens is 262 g/mol. The average Bonchev–Trinajstić information content (AvgIpc) is 2.85. The van der Waals surface area contributed by atoms with Crippen LogP contribution in [0.3, 0.4) is 0 Å². The van der Waals surface area contributed by atoms with E-state index in [0.29, 0.717) is 6.04 Å². The lowest BCUT2D eigenvalue weighted by Crippen LogP contribution is -2.39. The third-order valence-corrected chi connectivity index (χ3v) is 5.51. The summed E-state index contributed by atoms with van der Waals surface area (Å²) in [5, 5.41) is 3.70. The highest BCUT2D eigenvalue weighted by Crippen LogP contribution is 2.37. The third-order valence-electron chi connectivity index (χ3n) is 4.28. The molecule has 0 unspecified atom stereocenters. The molecule has 1 N–H and O–H groups in total. The minimum absolute atomic E-state index is 0.702. The number of rotatable bonds is 5. The number of nitrogens with one attached hydrogen (secondary N) is 1. The molecule has 2 heteroatoms. The van der Waals surface area contributed by atoms with Crippen molar-refractivity contribution in [3.8, 4) is 0 Å². The van der Waals surface area contributed by atoms with Gasteiger partial charge in [0.2, 0.25) is 0 Å². The van der Waals surface area contributed by atoms with Crippen LogP contribution in [0.4, 0.5) is 0 Å². The maximum atomic E-state index is 3.70. The van der Waals surface area contributed by atoms with Crippen LogP contribution >= 0.6 is 11.3 Å². The monoisotopic (exact) mass is 285 g/mol. The fourth-order valence-electron chi connectivity index (χ4n) is 2.93. The summed E-state index contributed by atoms with van der Waals surface area (Å²) in [5.74, 6) is 0.766. The van der Waals surface area contributed by atoms with Gasteiger partial charge < -0.3 is 5.32 Å². The molecule has 0 saturated heterocycles. The van der Waals surface area contributed by atoms with E-state index < -0.39 is 0 Å². The summed E-state index contributed by atoms with van der Waals surface area (Å²) in [6, 6.07) is 14.2. The number of aryl methyl sites for hydroxylation is 2. The molecule has 1 aliphatic rings. The molecule has 1 aromatic carbocycles. The number of hydrogen-bond donors (Lipinski definition) is 1. The molecule has 3 rings (SSSR count). The molecule has 0 spiro atoms. The largest absolute Gasteiger partial charge is 0.309 e. The van der Waals surface area contributed by atoms with Crippen molar-refractivity contribution in [2.45, 2.75) is 51.6 Å². The minimum Gasteiger partial charge on any atom is -0.309 e. The van der Waals surface area contributed by atoms with Crippen LogP contribution in [-0.4, -0.2) is 6.04 Å². The summed E-state index contributed by atoms with van der Waals surface area (Å²) < 4.78 is 0. The predicted octanol–water partition coefficient (Wildman–Crippen LogP) is 4.65. The van der Waals surface area contributed by atoms with Crippen molar-refractivity contribution >= 4 is 11.3 Å². The third kappa shape index (κ3) is 3.13. The Bertz CT molecular complexity index is 566. The summed E-state index contributed by atoms with van der Waals surface area (Å²) in [5.41, 5.74) is 2.90. The second-order valence-electron chi connectivity index (χ2n) is 5.88. The molecule has 0 radical (unpaired) electrons. The molecule has 1 aliphatic carbocycles. The summed E-state index contributed by atoms with van der Waals surface area (Å²) in [7, 11) is 0. The van der Waals surface area contributed by atoms with Gasteiger partial charge >= 0.3 is 0 Å². The Morgan fingerprint density at radius 3 is 2.65 bits per heavy atom. The molecule has 1 aromatic heterocycles. The van der Waals surface area contributed by atoms with E-state index in [-0.39, 0.29) is 0 Å². The number of thiophene rings is 1. The molecule has 2 aromatic rings. The van der Waals surface area contributed by atoms with Crippen LogP contribution in [0.15, 0.2) is 36.4 Å². The molecule has 1 heterocycles. The van der Waals surface area contributed by atoms with Crippen LogP contribution in [0.25, 0.3) is 0 Å².